The fourth-order valence-electron chi connectivity index (χ4n) is 4.04. The Kier molecular flexibility index (Phi) is 5.54. The minimum atomic E-state index is -0.653. The summed E-state index contributed by atoms with van der Waals surface area (Å²) >= 11 is 2.03. The third kappa shape index (κ3) is 4.52. The van der Waals surface area contributed by atoms with E-state index in [2.05, 4.69) is 44.3 Å². The van der Waals surface area contributed by atoms with Crippen LogP contribution in [0.1, 0.15) is 6.99 Å². The lowest BCUT2D eigenvalue weighted by atomic mass is 10.1. The molecule has 2 fully saturated rings. The average Bonchev–Trinajstić information content (AvgIpc) is 3.14. The van der Waals surface area contributed by atoms with E-state index in [4.69, 9.17) is 0 Å². The van der Waals surface area contributed by atoms with Crippen molar-refractivity contribution < 1.29 is 10.2 Å². The first kappa shape index (κ1) is 20.3. The van der Waals surface area contributed by atoms with Crippen molar-refractivity contribution in [2.75, 3.05) is 47.9 Å². The number of thioether (sulfide) groups is 1. The first-order valence-corrected chi connectivity index (χ1v) is 11.5. The van der Waals surface area contributed by atoms with Crippen molar-refractivity contribution in [1.82, 2.24) is 19.7 Å². The molecule has 0 atom stereocenters. The van der Waals surface area contributed by atoms with Crippen LogP contribution in [-0.2, 0) is 0 Å². The molecular formula is C22H26F2N6S. The van der Waals surface area contributed by atoms with Gasteiger partial charge in [-0.25, -0.2) is 13.5 Å². The summed E-state index contributed by atoms with van der Waals surface area (Å²) < 4.78 is 28.3. The summed E-state index contributed by atoms with van der Waals surface area (Å²) in [5.41, 5.74) is 3.49. The number of hydrogen-bond acceptors (Lipinski definition) is 6. The lowest BCUT2D eigenvalue weighted by Crippen LogP contribution is -2.54. The van der Waals surface area contributed by atoms with Gasteiger partial charge < -0.3 is 10.2 Å². The average molecular weight is 445 g/mol. The molecule has 9 heteroatoms. The third-order valence-corrected chi connectivity index (χ3v) is 6.98. The lowest BCUT2D eigenvalue weighted by Gasteiger charge is -2.43. The molecule has 6 nitrogen and oxygen atoms in total. The maximum Gasteiger partial charge on any atom is 0.246 e. The van der Waals surface area contributed by atoms with Gasteiger partial charge in [0.15, 0.2) is 0 Å². The first-order chi connectivity index (χ1) is 15.0. The molecule has 0 bridgehead atoms. The molecule has 2 aliphatic heterocycles. The van der Waals surface area contributed by atoms with Crippen molar-refractivity contribution in [3.05, 3.63) is 59.9 Å². The molecule has 0 spiro atoms. The molecule has 0 amide bonds. The summed E-state index contributed by atoms with van der Waals surface area (Å²) in [5, 5.41) is 7.53. The Balaban J connectivity index is 0.00000245. The number of nitrogens with one attached hydrogen (secondary N) is 1. The minimum Gasteiger partial charge on any atom is -0.369 e. The highest BCUT2D eigenvalue weighted by atomic mass is 32.2. The van der Waals surface area contributed by atoms with Gasteiger partial charge in [0.2, 0.25) is 5.95 Å². The predicted octanol–water partition coefficient (Wildman–Crippen LogP) is 4.08. The van der Waals surface area contributed by atoms with Crippen molar-refractivity contribution in [2.24, 2.45) is 0 Å². The highest BCUT2D eigenvalue weighted by Crippen LogP contribution is 2.28. The standard InChI is InChI=1S/C22H24F2N6S.H2/c1-15-6-18(11-19(7-15)28-2-4-29(5-3-28)21-12-31-13-21)26-22-25-14-30(27-22)20-9-16(23)8-17(24)10-20;/h6-11,14,21H,2-5,12-13H2,1H3,(H,26,27);1H. The second-order valence-corrected chi connectivity index (χ2v) is 9.11. The molecule has 0 saturated carbocycles. The molecule has 3 aromatic rings. The van der Waals surface area contributed by atoms with E-state index in [1.165, 1.54) is 40.3 Å². The molecule has 0 aliphatic carbocycles. The van der Waals surface area contributed by atoms with E-state index < -0.39 is 11.6 Å². The van der Waals surface area contributed by atoms with Gasteiger partial charge in [0.25, 0.3) is 0 Å². The van der Waals surface area contributed by atoms with Gasteiger partial charge in [0.05, 0.1) is 5.69 Å². The topological polar surface area (TPSA) is 49.2 Å². The Bertz CT molecular complexity index is 1060. The first-order valence-electron chi connectivity index (χ1n) is 10.4. The SMILES string of the molecule is Cc1cc(Nc2ncn(-c3cc(F)cc(F)c3)n2)cc(N2CCN(C3CSC3)CC2)c1.[HH]. The molecule has 2 saturated heterocycles. The van der Waals surface area contributed by atoms with Crippen LogP contribution < -0.4 is 10.2 Å². The van der Waals surface area contributed by atoms with Crippen molar-refractivity contribution in [3.8, 4) is 5.69 Å². The number of piperazine rings is 1. The van der Waals surface area contributed by atoms with Crippen LogP contribution in [0.5, 0.6) is 0 Å². The van der Waals surface area contributed by atoms with Gasteiger partial charge >= 0.3 is 0 Å². The number of rotatable bonds is 5. The van der Waals surface area contributed by atoms with Gasteiger partial charge in [-0.1, -0.05) is 0 Å². The van der Waals surface area contributed by atoms with Crippen LogP contribution in [0, 0.1) is 18.6 Å². The molecule has 1 N–H and O–H groups in total. The van der Waals surface area contributed by atoms with Crippen LogP contribution in [0.2, 0.25) is 0 Å². The summed E-state index contributed by atoms with van der Waals surface area (Å²) in [5.74, 6) is 1.59. The van der Waals surface area contributed by atoms with E-state index in [0.29, 0.717) is 5.95 Å². The van der Waals surface area contributed by atoms with Gasteiger partial charge in [0, 0.05) is 62.6 Å². The monoisotopic (exact) mass is 444 g/mol. The number of nitrogens with zero attached hydrogens (tertiary/aromatic N) is 5. The van der Waals surface area contributed by atoms with Gasteiger partial charge in [-0.2, -0.15) is 16.7 Å². The maximum atomic E-state index is 13.5. The Hall–Kier alpha value is -2.65. The quantitative estimate of drug-likeness (QED) is 0.640. The zero-order chi connectivity index (χ0) is 21.4. The number of aromatic nitrogens is 3. The van der Waals surface area contributed by atoms with Crippen molar-refractivity contribution >= 4 is 29.1 Å². The number of benzene rings is 2. The van der Waals surface area contributed by atoms with E-state index >= 15 is 0 Å². The van der Waals surface area contributed by atoms with E-state index in [1.807, 2.05) is 17.8 Å². The second-order valence-electron chi connectivity index (χ2n) is 8.04. The normalized spacial score (nSPS) is 17.6. The molecule has 0 unspecified atom stereocenters. The summed E-state index contributed by atoms with van der Waals surface area (Å²) in [7, 11) is 0. The van der Waals surface area contributed by atoms with Crippen LogP contribution in [0.3, 0.4) is 0 Å². The van der Waals surface area contributed by atoms with Gasteiger partial charge in [-0.05, 0) is 42.8 Å². The summed E-state index contributed by atoms with van der Waals surface area (Å²) in [6.07, 6.45) is 1.44. The number of anilines is 3. The van der Waals surface area contributed by atoms with Gasteiger partial charge in [-0.3, -0.25) is 4.90 Å². The molecule has 164 valence electrons. The van der Waals surface area contributed by atoms with Crippen LogP contribution in [0.4, 0.5) is 26.1 Å². The molecule has 3 heterocycles. The Morgan fingerprint density at radius 3 is 2.39 bits per heavy atom. The van der Waals surface area contributed by atoms with Gasteiger partial charge in [-0.15, -0.1) is 5.10 Å². The van der Waals surface area contributed by atoms with E-state index in [1.54, 1.807) is 0 Å². The largest absolute Gasteiger partial charge is 0.369 e. The van der Waals surface area contributed by atoms with Crippen LogP contribution in [0.15, 0.2) is 42.7 Å². The molecule has 31 heavy (non-hydrogen) atoms. The number of hydrogen-bond donors (Lipinski definition) is 1. The Morgan fingerprint density at radius 2 is 1.71 bits per heavy atom. The molecular weight excluding hydrogens is 418 g/mol. The van der Waals surface area contributed by atoms with Crippen molar-refractivity contribution in [3.63, 3.8) is 0 Å². The smallest absolute Gasteiger partial charge is 0.246 e. The zero-order valence-corrected chi connectivity index (χ0v) is 18.1. The fraction of sp³-hybridized carbons (Fsp3) is 0.364. The Labute approximate surface area is 185 Å². The highest BCUT2D eigenvalue weighted by Gasteiger charge is 2.28. The molecule has 1 aromatic heterocycles. The lowest BCUT2D eigenvalue weighted by molar-refractivity contribution is 0.208. The third-order valence-electron chi connectivity index (χ3n) is 5.74. The molecule has 2 aromatic carbocycles. The van der Waals surface area contributed by atoms with E-state index in [0.717, 1.165) is 49.5 Å². The summed E-state index contributed by atoms with van der Waals surface area (Å²) in [6.45, 7) is 6.29. The molecule has 2 aliphatic rings. The van der Waals surface area contributed by atoms with Crippen LogP contribution >= 0.6 is 11.8 Å². The minimum absolute atomic E-state index is 0. The van der Waals surface area contributed by atoms with Gasteiger partial charge in [0.1, 0.15) is 18.0 Å². The molecule has 5 rings (SSSR count). The summed E-state index contributed by atoms with van der Waals surface area (Å²) in [6, 6.07) is 10.4. The fourth-order valence-corrected chi connectivity index (χ4v) is 4.91. The second kappa shape index (κ2) is 8.47. The number of halogens is 2. The van der Waals surface area contributed by atoms with E-state index in [9.17, 15) is 8.78 Å². The summed E-state index contributed by atoms with van der Waals surface area (Å²) in [4.78, 5) is 9.26. The predicted molar refractivity (Wildman–Crippen MR) is 123 cm³/mol. The highest BCUT2D eigenvalue weighted by molar-refractivity contribution is 8.00. The van der Waals surface area contributed by atoms with Crippen molar-refractivity contribution in [2.45, 2.75) is 13.0 Å². The maximum absolute atomic E-state index is 13.5. The van der Waals surface area contributed by atoms with Crippen LogP contribution in [0.25, 0.3) is 5.69 Å². The van der Waals surface area contributed by atoms with Crippen LogP contribution in [-0.4, -0.2) is 63.4 Å². The zero-order valence-electron chi connectivity index (χ0n) is 17.3. The molecule has 0 radical (unpaired) electrons. The number of aryl methyl sites for hydroxylation is 1. The van der Waals surface area contributed by atoms with E-state index in [-0.39, 0.29) is 7.11 Å². The van der Waals surface area contributed by atoms with Crippen molar-refractivity contribution in [1.29, 1.82) is 0 Å². The Morgan fingerprint density at radius 1 is 0.968 bits per heavy atom.